The molecular formula is C12H12F2N2. The quantitative estimate of drug-likeness (QED) is 0.792. The number of benzene rings is 1. The van der Waals surface area contributed by atoms with Gasteiger partial charge in [-0.05, 0) is 31.5 Å². The van der Waals surface area contributed by atoms with E-state index in [-0.39, 0.29) is 17.5 Å². The van der Waals surface area contributed by atoms with Crippen LogP contribution in [0.25, 0.3) is 0 Å². The van der Waals surface area contributed by atoms with Gasteiger partial charge >= 0.3 is 0 Å². The lowest BCUT2D eigenvalue weighted by Crippen LogP contribution is -2.32. The van der Waals surface area contributed by atoms with Gasteiger partial charge < -0.3 is 5.32 Å². The van der Waals surface area contributed by atoms with Crippen LogP contribution in [-0.4, -0.2) is 6.54 Å². The molecule has 0 amide bonds. The van der Waals surface area contributed by atoms with E-state index in [1.807, 2.05) is 0 Å². The zero-order chi connectivity index (χ0) is 11.5. The van der Waals surface area contributed by atoms with E-state index in [9.17, 15) is 8.78 Å². The average molecular weight is 222 g/mol. The third-order valence-corrected chi connectivity index (χ3v) is 2.93. The fraction of sp³-hybridized carbons (Fsp3) is 0.417. The predicted molar refractivity (Wildman–Crippen MR) is 55.4 cm³/mol. The van der Waals surface area contributed by atoms with Gasteiger partial charge in [0.05, 0.1) is 6.07 Å². The molecule has 1 N–H and O–H groups in total. The summed E-state index contributed by atoms with van der Waals surface area (Å²) in [6.07, 6.45) is 1.21. The fourth-order valence-electron chi connectivity index (χ4n) is 2.10. The lowest BCUT2D eigenvalue weighted by molar-refractivity contribution is 0.339. The summed E-state index contributed by atoms with van der Waals surface area (Å²) in [5.74, 6) is -1.21. The summed E-state index contributed by atoms with van der Waals surface area (Å²) in [7, 11) is 0. The first-order valence-electron chi connectivity index (χ1n) is 5.29. The van der Waals surface area contributed by atoms with Crippen molar-refractivity contribution in [3.63, 3.8) is 0 Å². The molecule has 1 aromatic rings. The standard InChI is InChI=1S/C12H12F2N2/c13-9-2-1-3-10(14)12(9)11-6-8(7-15)4-5-16-11/h1-3,8,11,16H,4-6H2. The number of piperidine rings is 1. The molecule has 1 saturated heterocycles. The molecule has 1 aromatic carbocycles. The normalized spacial score (nSPS) is 25.1. The van der Waals surface area contributed by atoms with Crippen molar-refractivity contribution >= 4 is 0 Å². The van der Waals surface area contributed by atoms with Crippen LogP contribution in [0.1, 0.15) is 24.4 Å². The molecule has 1 fully saturated rings. The molecule has 0 aromatic heterocycles. The smallest absolute Gasteiger partial charge is 0.130 e. The van der Waals surface area contributed by atoms with Crippen LogP contribution in [0.3, 0.4) is 0 Å². The van der Waals surface area contributed by atoms with Crippen LogP contribution in [0.2, 0.25) is 0 Å². The van der Waals surface area contributed by atoms with Crippen molar-refractivity contribution in [1.29, 1.82) is 5.26 Å². The van der Waals surface area contributed by atoms with Crippen LogP contribution in [0, 0.1) is 28.9 Å². The van der Waals surface area contributed by atoms with Crippen molar-refractivity contribution in [2.24, 2.45) is 5.92 Å². The summed E-state index contributed by atoms with van der Waals surface area (Å²) in [6.45, 7) is 0.622. The Morgan fingerprint density at radius 3 is 2.62 bits per heavy atom. The molecule has 0 saturated carbocycles. The topological polar surface area (TPSA) is 35.8 Å². The van der Waals surface area contributed by atoms with Crippen molar-refractivity contribution in [2.75, 3.05) is 6.54 Å². The maximum atomic E-state index is 13.5. The summed E-state index contributed by atoms with van der Waals surface area (Å²) in [4.78, 5) is 0. The highest BCUT2D eigenvalue weighted by atomic mass is 19.1. The molecule has 0 bridgehead atoms. The minimum absolute atomic E-state index is 0.0578. The van der Waals surface area contributed by atoms with Crippen LogP contribution >= 0.6 is 0 Å². The van der Waals surface area contributed by atoms with Gasteiger partial charge in [-0.2, -0.15) is 5.26 Å². The minimum atomic E-state index is -0.545. The number of hydrogen-bond donors (Lipinski definition) is 1. The number of rotatable bonds is 1. The molecule has 0 spiro atoms. The summed E-state index contributed by atoms with van der Waals surface area (Å²) in [5, 5.41) is 11.9. The number of hydrogen-bond acceptors (Lipinski definition) is 2. The molecule has 0 radical (unpaired) electrons. The van der Waals surface area contributed by atoms with Gasteiger partial charge in [0.1, 0.15) is 11.6 Å². The van der Waals surface area contributed by atoms with E-state index in [1.165, 1.54) is 18.2 Å². The van der Waals surface area contributed by atoms with Crippen LogP contribution < -0.4 is 5.32 Å². The van der Waals surface area contributed by atoms with Crippen molar-refractivity contribution in [1.82, 2.24) is 5.32 Å². The van der Waals surface area contributed by atoms with Crippen LogP contribution in [0.4, 0.5) is 8.78 Å². The monoisotopic (exact) mass is 222 g/mol. The van der Waals surface area contributed by atoms with Gasteiger partial charge in [0.2, 0.25) is 0 Å². The fourth-order valence-corrected chi connectivity index (χ4v) is 2.10. The van der Waals surface area contributed by atoms with E-state index in [0.29, 0.717) is 13.0 Å². The minimum Gasteiger partial charge on any atom is -0.310 e. The highest BCUT2D eigenvalue weighted by Gasteiger charge is 2.26. The molecule has 2 nitrogen and oxygen atoms in total. The first-order valence-corrected chi connectivity index (χ1v) is 5.29. The van der Waals surface area contributed by atoms with E-state index in [1.54, 1.807) is 0 Å². The second-order valence-electron chi connectivity index (χ2n) is 3.99. The highest BCUT2D eigenvalue weighted by molar-refractivity contribution is 5.24. The first kappa shape index (κ1) is 11.0. The maximum absolute atomic E-state index is 13.5. The van der Waals surface area contributed by atoms with Crippen molar-refractivity contribution in [3.05, 3.63) is 35.4 Å². The van der Waals surface area contributed by atoms with E-state index in [4.69, 9.17) is 5.26 Å². The lowest BCUT2D eigenvalue weighted by Gasteiger charge is -2.27. The first-order chi connectivity index (χ1) is 7.72. The zero-order valence-electron chi connectivity index (χ0n) is 8.71. The predicted octanol–water partition coefficient (Wildman–Crippen LogP) is 2.53. The van der Waals surface area contributed by atoms with Crippen LogP contribution in [-0.2, 0) is 0 Å². The van der Waals surface area contributed by atoms with Crippen molar-refractivity contribution < 1.29 is 8.78 Å². The van der Waals surface area contributed by atoms with Gasteiger partial charge in [-0.1, -0.05) is 6.07 Å². The number of nitriles is 1. The Morgan fingerprint density at radius 2 is 2.00 bits per heavy atom. The SMILES string of the molecule is N#CC1CCNC(c2c(F)cccc2F)C1. The Hall–Kier alpha value is -1.47. The van der Waals surface area contributed by atoms with Crippen LogP contribution in [0.5, 0.6) is 0 Å². The average Bonchev–Trinajstić information content (AvgIpc) is 2.29. The second-order valence-corrected chi connectivity index (χ2v) is 3.99. The Balaban J connectivity index is 2.27. The molecule has 1 aliphatic heterocycles. The van der Waals surface area contributed by atoms with E-state index >= 15 is 0 Å². The van der Waals surface area contributed by atoms with Gasteiger partial charge in [0, 0.05) is 17.5 Å². The van der Waals surface area contributed by atoms with Gasteiger partial charge in [0.25, 0.3) is 0 Å². The molecule has 1 aliphatic rings. The highest BCUT2D eigenvalue weighted by Crippen LogP contribution is 2.30. The largest absolute Gasteiger partial charge is 0.310 e. The van der Waals surface area contributed by atoms with Gasteiger partial charge in [-0.15, -0.1) is 0 Å². The van der Waals surface area contributed by atoms with E-state index < -0.39 is 11.6 Å². The molecule has 84 valence electrons. The molecule has 2 atom stereocenters. The van der Waals surface area contributed by atoms with E-state index in [0.717, 1.165) is 6.42 Å². The second kappa shape index (κ2) is 4.58. The maximum Gasteiger partial charge on any atom is 0.130 e. The van der Waals surface area contributed by atoms with E-state index in [2.05, 4.69) is 11.4 Å². The summed E-state index contributed by atoms with van der Waals surface area (Å²) < 4.78 is 27.0. The third kappa shape index (κ3) is 2.05. The van der Waals surface area contributed by atoms with Crippen molar-refractivity contribution in [2.45, 2.75) is 18.9 Å². The number of nitrogens with zero attached hydrogens (tertiary/aromatic N) is 1. The van der Waals surface area contributed by atoms with Gasteiger partial charge in [0.15, 0.2) is 0 Å². The Bertz CT molecular complexity index is 405. The Morgan fingerprint density at radius 1 is 1.31 bits per heavy atom. The molecule has 2 rings (SSSR count). The Labute approximate surface area is 92.9 Å². The zero-order valence-corrected chi connectivity index (χ0v) is 8.71. The molecule has 0 aliphatic carbocycles. The molecule has 16 heavy (non-hydrogen) atoms. The molecular weight excluding hydrogens is 210 g/mol. The Kier molecular flexibility index (Phi) is 3.16. The lowest BCUT2D eigenvalue weighted by atomic mass is 9.89. The third-order valence-electron chi connectivity index (χ3n) is 2.93. The van der Waals surface area contributed by atoms with Crippen molar-refractivity contribution in [3.8, 4) is 6.07 Å². The van der Waals surface area contributed by atoms with Gasteiger partial charge in [-0.3, -0.25) is 0 Å². The molecule has 2 unspecified atom stereocenters. The van der Waals surface area contributed by atoms with Gasteiger partial charge in [-0.25, -0.2) is 8.78 Å². The number of halogens is 2. The molecule has 4 heteroatoms. The summed E-state index contributed by atoms with van der Waals surface area (Å²) in [6, 6.07) is 5.61. The van der Waals surface area contributed by atoms with Crippen LogP contribution in [0.15, 0.2) is 18.2 Å². The summed E-state index contributed by atoms with van der Waals surface area (Å²) in [5.41, 5.74) is 0.0578. The molecule has 1 heterocycles. The number of nitrogens with one attached hydrogen (secondary N) is 1. The summed E-state index contributed by atoms with van der Waals surface area (Å²) >= 11 is 0.